The van der Waals surface area contributed by atoms with Crippen LogP contribution in [0.25, 0.3) is 0 Å². The lowest BCUT2D eigenvalue weighted by Gasteiger charge is -2.41. The highest BCUT2D eigenvalue weighted by Crippen LogP contribution is 2.25. The lowest BCUT2D eigenvalue weighted by atomic mass is 9.97. The minimum absolute atomic E-state index is 0.0312. The van der Waals surface area contributed by atoms with Crippen molar-refractivity contribution in [3.05, 3.63) is 0 Å². The molecule has 1 rings (SSSR count). The molecule has 0 radical (unpaired) electrons. The van der Waals surface area contributed by atoms with E-state index in [0.717, 1.165) is 49.8 Å². The van der Waals surface area contributed by atoms with Gasteiger partial charge in [0, 0.05) is 13.5 Å². The largest absolute Gasteiger partial charge is 0.390 e. The van der Waals surface area contributed by atoms with E-state index in [1.807, 2.05) is 0 Å². The molecule has 1 heterocycles. The van der Waals surface area contributed by atoms with Gasteiger partial charge in [0.1, 0.15) is 30.5 Å². The van der Waals surface area contributed by atoms with Gasteiger partial charge in [-0.2, -0.15) is 0 Å². The Morgan fingerprint density at radius 3 is 1.31 bits per heavy atom. The van der Waals surface area contributed by atoms with Crippen molar-refractivity contribution in [2.75, 3.05) is 20.3 Å². The van der Waals surface area contributed by atoms with Crippen molar-refractivity contribution < 1.29 is 49.3 Å². The number of hydrogen-bond donors (Lipinski definition) is 6. The van der Waals surface area contributed by atoms with Gasteiger partial charge in [-0.15, -0.1) is 0 Å². The first-order valence-corrected chi connectivity index (χ1v) is 25.9. The lowest BCUT2D eigenvalue weighted by molar-refractivity contribution is -0.305. The fourth-order valence-electron chi connectivity index (χ4n) is 8.80. The molecule has 1 fully saturated rings. The molecule has 12 heteroatoms. The van der Waals surface area contributed by atoms with Crippen LogP contribution in [-0.4, -0.2) is 112 Å². The first kappa shape index (κ1) is 58.6. The van der Waals surface area contributed by atoms with Crippen LogP contribution < -0.4 is 5.73 Å². The fourth-order valence-corrected chi connectivity index (χ4v) is 8.80. The molecule has 0 bridgehead atoms. The summed E-state index contributed by atoms with van der Waals surface area (Å²) >= 11 is 0. The van der Waals surface area contributed by atoms with Crippen molar-refractivity contribution in [2.45, 2.75) is 288 Å². The maximum atomic E-state index is 13.6. The van der Waals surface area contributed by atoms with Gasteiger partial charge in [0.05, 0.1) is 25.4 Å². The zero-order chi connectivity index (χ0) is 45.6. The minimum atomic E-state index is -1.67. The highest BCUT2D eigenvalue weighted by molar-refractivity contribution is 5.94. The van der Waals surface area contributed by atoms with Gasteiger partial charge in [0.2, 0.25) is 5.91 Å². The average molecular weight is 887 g/mol. The maximum absolute atomic E-state index is 13.6. The summed E-state index contributed by atoms with van der Waals surface area (Å²) < 4.78 is 16.5. The standard InChI is InChI=1S/C50H98N2O10/c1-4-6-8-10-12-14-16-18-19-20-21-22-23-24-25-26-28-30-32-34-36-38-44(54)52(50(51)59)41(39-61-49-48(58)47(57)46(56)43(62-49)40-60-3)45(55)42(53)37-35-33-31-29-27-17-15-13-11-9-7-5-2/h41-43,45-49,53,55-58H,4-40H2,1-3H3,(H2,51,59)/t41-,42+,43+,45-,46-,47-,48+,49-/m0/s1. The summed E-state index contributed by atoms with van der Waals surface area (Å²) in [7, 11) is 1.39. The zero-order valence-electron chi connectivity index (χ0n) is 40.1. The molecule has 0 aliphatic carbocycles. The van der Waals surface area contributed by atoms with Crippen molar-refractivity contribution in [3.8, 4) is 0 Å². The molecule has 1 saturated heterocycles. The summed E-state index contributed by atoms with van der Waals surface area (Å²) in [6, 6.07) is -2.47. The quantitative estimate of drug-likeness (QED) is 0.0321. The summed E-state index contributed by atoms with van der Waals surface area (Å²) in [5, 5.41) is 54.0. The monoisotopic (exact) mass is 887 g/mol. The topological polar surface area (TPSA) is 192 Å². The van der Waals surface area contributed by atoms with Gasteiger partial charge in [-0.1, -0.05) is 219 Å². The number of carbonyl (C=O) groups excluding carboxylic acids is 2. The maximum Gasteiger partial charge on any atom is 0.321 e. The third-order valence-electron chi connectivity index (χ3n) is 12.9. The van der Waals surface area contributed by atoms with Gasteiger partial charge < -0.3 is 45.5 Å². The molecule has 368 valence electrons. The van der Waals surface area contributed by atoms with Gasteiger partial charge in [0.15, 0.2) is 6.29 Å². The Balaban J connectivity index is 2.53. The van der Waals surface area contributed by atoms with E-state index >= 15 is 0 Å². The van der Waals surface area contributed by atoms with E-state index < -0.39 is 67.5 Å². The molecule has 62 heavy (non-hydrogen) atoms. The number of aliphatic hydroxyl groups is 5. The Labute approximate surface area is 378 Å². The number of hydrogen-bond acceptors (Lipinski definition) is 10. The third-order valence-corrected chi connectivity index (χ3v) is 12.9. The van der Waals surface area contributed by atoms with Crippen LogP contribution in [0.15, 0.2) is 0 Å². The van der Waals surface area contributed by atoms with Gasteiger partial charge >= 0.3 is 6.03 Å². The van der Waals surface area contributed by atoms with E-state index in [0.29, 0.717) is 12.8 Å². The second-order valence-electron chi connectivity index (χ2n) is 18.5. The number of nitrogens with zero attached hydrogens (tertiary/aromatic N) is 1. The molecule has 7 N–H and O–H groups in total. The number of methoxy groups -OCH3 is 1. The van der Waals surface area contributed by atoms with Crippen LogP contribution in [0, 0.1) is 0 Å². The number of ether oxygens (including phenoxy) is 3. The Morgan fingerprint density at radius 1 is 0.565 bits per heavy atom. The molecule has 1 aliphatic rings. The highest BCUT2D eigenvalue weighted by atomic mass is 16.7. The second-order valence-corrected chi connectivity index (χ2v) is 18.5. The van der Waals surface area contributed by atoms with E-state index in [1.165, 1.54) is 161 Å². The molecule has 12 nitrogen and oxygen atoms in total. The van der Waals surface area contributed by atoms with Gasteiger partial charge in [-0.05, 0) is 12.8 Å². The molecular weight excluding hydrogens is 789 g/mol. The molecular formula is C50H98N2O10. The van der Waals surface area contributed by atoms with Crippen LogP contribution in [-0.2, 0) is 19.0 Å². The van der Waals surface area contributed by atoms with Gasteiger partial charge in [-0.3, -0.25) is 9.69 Å². The molecule has 0 unspecified atom stereocenters. The van der Waals surface area contributed by atoms with E-state index in [4.69, 9.17) is 19.9 Å². The summed E-state index contributed by atoms with van der Waals surface area (Å²) in [6.07, 6.45) is 30.3. The van der Waals surface area contributed by atoms with Crippen molar-refractivity contribution in [1.82, 2.24) is 4.90 Å². The molecule has 0 aromatic heterocycles. The predicted molar refractivity (Wildman–Crippen MR) is 250 cm³/mol. The number of amides is 3. The Bertz CT molecular complexity index is 1040. The number of carbonyl (C=O) groups is 2. The molecule has 0 saturated carbocycles. The Kier molecular flexibility index (Phi) is 37.8. The Hall–Kier alpha value is -1.38. The van der Waals surface area contributed by atoms with Crippen molar-refractivity contribution >= 4 is 11.9 Å². The van der Waals surface area contributed by atoms with Crippen LogP contribution >= 0.6 is 0 Å². The van der Waals surface area contributed by atoms with E-state index in [2.05, 4.69) is 13.8 Å². The number of nitrogens with two attached hydrogens (primary N) is 1. The van der Waals surface area contributed by atoms with Gasteiger partial charge in [0.25, 0.3) is 0 Å². The number of urea groups is 1. The van der Waals surface area contributed by atoms with E-state index in [-0.39, 0.29) is 19.4 Å². The second kappa shape index (κ2) is 39.9. The van der Waals surface area contributed by atoms with E-state index in [1.54, 1.807) is 0 Å². The number of unbranched alkanes of at least 4 members (excludes halogenated alkanes) is 31. The zero-order valence-corrected chi connectivity index (χ0v) is 40.1. The van der Waals surface area contributed by atoms with Crippen LogP contribution in [0.1, 0.15) is 239 Å². The van der Waals surface area contributed by atoms with Crippen molar-refractivity contribution in [3.63, 3.8) is 0 Å². The van der Waals surface area contributed by atoms with Crippen LogP contribution in [0.2, 0.25) is 0 Å². The van der Waals surface area contributed by atoms with Crippen LogP contribution in [0.3, 0.4) is 0 Å². The molecule has 1 aliphatic heterocycles. The van der Waals surface area contributed by atoms with E-state index in [9.17, 15) is 35.1 Å². The highest BCUT2D eigenvalue weighted by Gasteiger charge is 2.45. The summed E-state index contributed by atoms with van der Waals surface area (Å²) in [5.41, 5.74) is 5.76. The van der Waals surface area contributed by atoms with Gasteiger partial charge in [-0.25, -0.2) is 4.79 Å². The smallest absolute Gasteiger partial charge is 0.321 e. The first-order chi connectivity index (χ1) is 30.1. The summed E-state index contributed by atoms with van der Waals surface area (Å²) in [6.45, 7) is 3.87. The average Bonchev–Trinajstić information content (AvgIpc) is 3.26. The fraction of sp³-hybridized carbons (Fsp3) is 0.960. The molecule has 0 aromatic rings. The van der Waals surface area contributed by atoms with Crippen LogP contribution in [0.4, 0.5) is 4.79 Å². The first-order valence-electron chi connectivity index (χ1n) is 25.9. The number of primary amides is 1. The summed E-state index contributed by atoms with van der Waals surface area (Å²) in [5.74, 6) is -0.585. The number of rotatable bonds is 43. The molecule has 0 aromatic carbocycles. The number of aliphatic hydroxyl groups excluding tert-OH is 5. The van der Waals surface area contributed by atoms with Crippen molar-refractivity contribution in [1.29, 1.82) is 0 Å². The predicted octanol–water partition coefficient (Wildman–Crippen LogP) is 10.1. The van der Waals surface area contributed by atoms with Crippen molar-refractivity contribution in [2.24, 2.45) is 5.73 Å². The SMILES string of the molecule is CCCCCCCCCCCCCCCCCCCCCCCC(=O)N(C(N)=O)[C@@H](CO[C@H]1O[C@H](COC)[C@H](O)[C@H](O)[C@H]1O)[C@H](O)[C@H](O)CCCCCCCCCCCCCC. The lowest BCUT2D eigenvalue weighted by Crippen LogP contribution is -2.61. The minimum Gasteiger partial charge on any atom is -0.390 e. The normalized spacial score (nSPS) is 20.6. The number of imide groups is 1. The summed E-state index contributed by atoms with van der Waals surface area (Å²) in [4.78, 5) is 27.2. The molecule has 0 spiro atoms. The third kappa shape index (κ3) is 27.8. The molecule has 8 atom stereocenters. The Morgan fingerprint density at radius 2 is 0.935 bits per heavy atom. The van der Waals surface area contributed by atoms with Crippen LogP contribution in [0.5, 0.6) is 0 Å². The molecule has 3 amide bonds.